The molecule has 1 aromatic rings. The molecule has 1 aliphatic carbocycles. The first-order valence-corrected chi connectivity index (χ1v) is 4.49. The van der Waals surface area contributed by atoms with E-state index >= 15 is 0 Å². The molecule has 0 atom stereocenters. The molecule has 2 rings (SSSR count). The van der Waals surface area contributed by atoms with Crippen LogP contribution < -0.4 is 4.74 Å². The fourth-order valence-electron chi connectivity index (χ4n) is 1.23. The minimum absolute atomic E-state index is 0.256. The van der Waals surface area contributed by atoms with Crippen LogP contribution in [0.4, 0.5) is 0 Å². The molecular formula is C10H11NO3. The largest absolute Gasteiger partial charge is 0.492 e. The van der Waals surface area contributed by atoms with Gasteiger partial charge in [0.15, 0.2) is 0 Å². The van der Waals surface area contributed by atoms with Gasteiger partial charge in [-0.15, -0.1) is 0 Å². The maximum absolute atomic E-state index is 10.8. The Balaban J connectivity index is 1.92. The SMILES string of the molecule is O=C(O)C1(COc2ccncc2)CC1. The van der Waals surface area contributed by atoms with Gasteiger partial charge in [0.25, 0.3) is 0 Å². The van der Waals surface area contributed by atoms with Crippen molar-refractivity contribution in [1.29, 1.82) is 0 Å². The Morgan fingerprint density at radius 1 is 1.50 bits per heavy atom. The third kappa shape index (κ3) is 1.69. The van der Waals surface area contributed by atoms with Crippen molar-refractivity contribution in [3.8, 4) is 5.75 Å². The molecule has 1 N–H and O–H groups in total. The molecule has 1 heterocycles. The third-order valence-electron chi connectivity index (χ3n) is 2.47. The van der Waals surface area contributed by atoms with Gasteiger partial charge in [0.2, 0.25) is 0 Å². The lowest BCUT2D eigenvalue weighted by atomic mass is 10.1. The lowest BCUT2D eigenvalue weighted by Gasteiger charge is -2.10. The van der Waals surface area contributed by atoms with E-state index in [-0.39, 0.29) is 6.61 Å². The Kier molecular flexibility index (Phi) is 2.11. The smallest absolute Gasteiger partial charge is 0.313 e. The molecule has 0 spiro atoms. The molecule has 4 nitrogen and oxygen atoms in total. The van der Waals surface area contributed by atoms with Crippen LogP contribution in [0, 0.1) is 5.41 Å². The molecule has 4 heteroatoms. The van der Waals surface area contributed by atoms with E-state index in [1.165, 1.54) is 0 Å². The molecule has 0 saturated heterocycles. The second kappa shape index (κ2) is 3.29. The number of carbonyl (C=O) groups is 1. The van der Waals surface area contributed by atoms with Crippen molar-refractivity contribution in [2.45, 2.75) is 12.8 Å². The van der Waals surface area contributed by atoms with Crippen LogP contribution in [0.25, 0.3) is 0 Å². The molecule has 1 saturated carbocycles. The van der Waals surface area contributed by atoms with Gasteiger partial charge in [0, 0.05) is 12.4 Å². The maximum Gasteiger partial charge on any atom is 0.313 e. The molecule has 0 radical (unpaired) electrons. The summed E-state index contributed by atoms with van der Waals surface area (Å²) in [4.78, 5) is 14.7. The quantitative estimate of drug-likeness (QED) is 0.783. The average molecular weight is 193 g/mol. The van der Waals surface area contributed by atoms with Crippen LogP contribution in [0.5, 0.6) is 5.75 Å². The van der Waals surface area contributed by atoms with Gasteiger partial charge < -0.3 is 9.84 Å². The normalized spacial score (nSPS) is 17.4. The summed E-state index contributed by atoms with van der Waals surface area (Å²) in [7, 11) is 0. The molecule has 0 aromatic carbocycles. The molecule has 0 unspecified atom stereocenters. The number of hydrogen-bond acceptors (Lipinski definition) is 3. The van der Waals surface area contributed by atoms with Gasteiger partial charge in [0.05, 0.1) is 0 Å². The number of carboxylic acid groups (broad SMARTS) is 1. The minimum atomic E-state index is -0.758. The summed E-state index contributed by atoms with van der Waals surface area (Å²) in [5.74, 6) is -0.0842. The Bertz CT molecular complexity index is 332. The van der Waals surface area contributed by atoms with E-state index in [9.17, 15) is 4.79 Å². The molecule has 1 fully saturated rings. The molecular weight excluding hydrogens is 182 g/mol. The summed E-state index contributed by atoms with van der Waals surface area (Å²) < 4.78 is 5.37. The fourth-order valence-corrected chi connectivity index (χ4v) is 1.23. The van der Waals surface area contributed by atoms with Gasteiger partial charge in [0.1, 0.15) is 17.8 Å². The van der Waals surface area contributed by atoms with Crippen molar-refractivity contribution in [3.05, 3.63) is 24.5 Å². The van der Waals surface area contributed by atoms with E-state index in [2.05, 4.69) is 4.98 Å². The Labute approximate surface area is 81.5 Å². The van der Waals surface area contributed by atoms with E-state index in [0.29, 0.717) is 18.6 Å². The average Bonchev–Trinajstić information content (AvgIpc) is 2.97. The fraction of sp³-hybridized carbons (Fsp3) is 0.400. The van der Waals surface area contributed by atoms with Gasteiger partial charge >= 0.3 is 5.97 Å². The van der Waals surface area contributed by atoms with E-state index in [1.807, 2.05) is 0 Å². The highest BCUT2D eigenvalue weighted by Crippen LogP contribution is 2.46. The zero-order valence-electron chi connectivity index (χ0n) is 7.64. The van der Waals surface area contributed by atoms with Crippen molar-refractivity contribution >= 4 is 5.97 Å². The maximum atomic E-state index is 10.8. The third-order valence-corrected chi connectivity index (χ3v) is 2.47. The number of aromatic nitrogens is 1. The molecule has 0 aliphatic heterocycles. The molecule has 0 amide bonds. The van der Waals surface area contributed by atoms with Gasteiger partial charge in [-0.3, -0.25) is 9.78 Å². The molecule has 0 bridgehead atoms. The van der Waals surface area contributed by atoms with Crippen LogP contribution in [0.3, 0.4) is 0 Å². The van der Waals surface area contributed by atoms with Crippen LogP contribution in [0.1, 0.15) is 12.8 Å². The van der Waals surface area contributed by atoms with E-state index in [4.69, 9.17) is 9.84 Å². The monoisotopic (exact) mass is 193 g/mol. The van der Waals surface area contributed by atoms with Crippen LogP contribution in [0.15, 0.2) is 24.5 Å². The van der Waals surface area contributed by atoms with Crippen molar-refractivity contribution in [1.82, 2.24) is 4.98 Å². The Hall–Kier alpha value is -1.58. The predicted octanol–water partition coefficient (Wildman–Crippen LogP) is 1.33. The lowest BCUT2D eigenvalue weighted by Crippen LogP contribution is -2.22. The summed E-state index contributed by atoms with van der Waals surface area (Å²) >= 11 is 0. The Morgan fingerprint density at radius 2 is 2.14 bits per heavy atom. The van der Waals surface area contributed by atoms with Gasteiger partial charge in [-0.25, -0.2) is 0 Å². The number of rotatable bonds is 4. The molecule has 74 valence electrons. The number of pyridine rings is 1. The van der Waals surface area contributed by atoms with Crippen molar-refractivity contribution in [3.63, 3.8) is 0 Å². The van der Waals surface area contributed by atoms with Crippen LogP contribution in [-0.2, 0) is 4.79 Å². The summed E-state index contributed by atoms with van der Waals surface area (Å²) in [6, 6.07) is 3.44. The molecule has 1 aromatic heterocycles. The Morgan fingerprint density at radius 3 is 2.64 bits per heavy atom. The van der Waals surface area contributed by atoms with Crippen LogP contribution in [-0.4, -0.2) is 22.7 Å². The summed E-state index contributed by atoms with van der Waals surface area (Å²) in [5.41, 5.74) is -0.622. The number of carboxylic acids is 1. The highest BCUT2D eigenvalue weighted by molar-refractivity contribution is 5.77. The van der Waals surface area contributed by atoms with Gasteiger partial charge in [-0.1, -0.05) is 0 Å². The lowest BCUT2D eigenvalue weighted by molar-refractivity contribution is -0.144. The highest BCUT2D eigenvalue weighted by Gasteiger charge is 2.51. The first kappa shape index (κ1) is 8.99. The number of ether oxygens (including phenoxy) is 1. The number of aliphatic carboxylic acids is 1. The zero-order valence-corrected chi connectivity index (χ0v) is 7.64. The first-order chi connectivity index (χ1) is 6.73. The topological polar surface area (TPSA) is 59.4 Å². The van der Waals surface area contributed by atoms with Crippen molar-refractivity contribution < 1.29 is 14.6 Å². The number of nitrogens with zero attached hydrogens (tertiary/aromatic N) is 1. The van der Waals surface area contributed by atoms with Crippen molar-refractivity contribution in [2.24, 2.45) is 5.41 Å². The predicted molar refractivity (Wildman–Crippen MR) is 49.0 cm³/mol. The van der Waals surface area contributed by atoms with E-state index in [0.717, 1.165) is 0 Å². The summed E-state index contributed by atoms with van der Waals surface area (Å²) in [6.45, 7) is 0.256. The van der Waals surface area contributed by atoms with Gasteiger partial charge in [-0.2, -0.15) is 0 Å². The molecule has 1 aliphatic rings. The summed E-state index contributed by atoms with van der Waals surface area (Å²) in [6.07, 6.45) is 4.67. The van der Waals surface area contributed by atoms with E-state index in [1.54, 1.807) is 24.5 Å². The van der Waals surface area contributed by atoms with Crippen LogP contribution >= 0.6 is 0 Å². The molecule has 14 heavy (non-hydrogen) atoms. The van der Waals surface area contributed by atoms with Crippen LogP contribution in [0.2, 0.25) is 0 Å². The van der Waals surface area contributed by atoms with Crippen molar-refractivity contribution in [2.75, 3.05) is 6.61 Å². The second-order valence-corrected chi connectivity index (χ2v) is 3.56. The minimum Gasteiger partial charge on any atom is -0.492 e. The van der Waals surface area contributed by atoms with E-state index < -0.39 is 11.4 Å². The summed E-state index contributed by atoms with van der Waals surface area (Å²) in [5, 5.41) is 8.89. The number of hydrogen-bond donors (Lipinski definition) is 1. The zero-order chi connectivity index (χ0) is 10.0. The highest BCUT2D eigenvalue weighted by atomic mass is 16.5. The standard InChI is InChI=1S/C10H11NO3/c12-9(13)10(3-4-10)7-14-8-1-5-11-6-2-8/h1-2,5-6H,3-4,7H2,(H,12,13). The second-order valence-electron chi connectivity index (χ2n) is 3.56. The van der Waals surface area contributed by atoms with Gasteiger partial charge in [-0.05, 0) is 25.0 Å². The first-order valence-electron chi connectivity index (χ1n) is 4.49.